The summed E-state index contributed by atoms with van der Waals surface area (Å²) in [6.45, 7) is 1.87. The number of Topliss-reactive ketones (excluding diaryl/α,β-unsaturated/α-hetero) is 1. The monoisotopic (exact) mass is 331 g/mol. The maximum Gasteiger partial charge on any atom is 0.203 e. The van der Waals surface area contributed by atoms with Crippen molar-refractivity contribution in [1.82, 2.24) is 0 Å². The molecule has 0 saturated carbocycles. The SMILES string of the molecule is Cc1ccccc1C(=O)/C(C#N)=C/c1ccc(Br)s1. The van der Waals surface area contributed by atoms with E-state index < -0.39 is 0 Å². The van der Waals surface area contributed by atoms with Crippen molar-refractivity contribution in [2.45, 2.75) is 6.92 Å². The van der Waals surface area contributed by atoms with Gasteiger partial charge in [0.05, 0.1) is 3.79 Å². The van der Waals surface area contributed by atoms with E-state index >= 15 is 0 Å². The third-order valence-corrected chi connectivity index (χ3v) is 4.21. The van der Waals surface area contributed by atoms with Crippen LogP contribution in [0.2, 0.25) is 0 Å². The third kappa shape index (κ3) is 3.19. The molecule has 0 aliphatic heterocycles. The second-order valence-corrected chi connectivity index (χ2v) is 6.45. The highest BCUT2D eigenvalue weighted by atomic mass is 79.9. The van der Waals surface area contributed by atoms with Crippen LogP contribution in [0, 0.1) is 18.3 Å². The highest BCUT2D eigenvalue weighted by Gasteiger charge is 2.14. The molecular weight excluding hydrogens is 322 g/mol. The Hall–Kier alpha value is -1.70. The van der Waals surface area contributed by atoms with Crippen molar-refractivity contribution in [3.05, 3.63) is 61.8 Å². The first kappa shape index (κ1) is 13.7. The molecule has 0 atom stereocenters. The minimum atomic E-state index is -0.231. The van der Waals surface area contributed by atoms with Gasteiger partial charge < -0.3 is 0 Å². The van der Waals surface area contributed by atoms with E-state index in [0.717, 1.165) is 14.2 Å². The fourth-order valence-electron chi connectivity index (χ4n) is 1.67. The minimum Gasteiger partial charge on any atom is -0.288 e. The summed E-state index contributed by atoms with van der Waals surface area (Å²) >= 11 is 4.84. The zero-order valence-corrected chi connectivity index (χ0v) is 12.6. The van der Waals surface area contributed by atoms with Crippen molar-refractivity contribution < 1.29 is 4.79 Å². The van der Waals surface area contributed by atoms with Crippen LogP contribution in [0.3, 0.4) is 0 Å². The van der Waals surface area contributed by atoms with E-state index in [0.29, 0.717) is 5.56 Å². The Morgan fingerprint density at radius 1 is 1.32 bits per heavy atom. The van der Waals surface area contributed by atoms with Gasteiger partial charge in [0.2, 0.25) is 5.78 Å². The summed E-state index contributed by atoms with van der Waals surface area (Å²) in [5, 5.41) is 9.17. The molecule has 1 aromatic carbocycles. The van der Waals surface area contributed by atoms with Gasteiger partial charge in [-0.25, -0.2) is 0 Å². The molecule has 0 N–H and O–H groups in total. The number of halogens is 1. The largest absolute Gasteiger partial charge is 0.288 e. The van der Waals surface area contributed by atoms with Gasteiger partial charge in [-0.1, -0.05) is 24.3 Å². The predicted octanol–water partition coefficient (Wildman–Crippen LogP) is 4.61. The van der Waals surface area contributed by atoms with Crippen molar-refractivity contribution in [2.24, 2.45) is 0 Å². The molecule has 2 aromatic rings. The molecule has 0 spiro atoms. The van der Waals surface area contributed by atoms with E-state index in [1.165, 1.54) is 11.3 Å². The molecule has 0 aliphatic rings. The summed E-state index contributed by atoms with van der Waals surface area (Å²) in [5.41, 5.74) is 1.61. The van der Waals surface area contributed by atoms with Gasteiger partial charge in [0.25, 0.3) is 0 Å². The molecule has 0 radical (unpaired) electrons. The van der Waals surface area contributed by atoms with E-state index in [1.807, 2.05) is 37.3 Å². The predicted molar refractivity (Wildman–Crippen MR) is 81.1 cm³/mol. The highest BCUT2D eigenvalue weighted by molar-refractivity contribution is 9.11. The number of rotatable bonds is 3. The van der Waals surface area contributed by atoms with Crippen molar-refractivity contribution in [2.75, 3.05) is 0 Å². The summed E-state index contributed by atoms with van der Waals surface area (Å²) in [6, 6.07) is 13.0. The zero-order valence-electron chi connectivity index (χ0n) is 10.2. The van der Waals surface area contributed by atoms with Gasteiger partial charge in [-0.3, -0.25) is 4.79 Å². The number of benzene rings is 1. The van der Waals surface area contributed by atoms with Crippen LogP contribution in [-0.4, -0.2) is 5.78 Å². The number of nitriles is 1. The molecule has 19 heavy (non-hydrogen) atoms. The summed E-state index contributed by atoms with van der Waals surface area (Å²) in [7, 11) is 0. The number of hydrogen-bond donors (Lipinski definition) is 0. The van der Waals surface area contributed by atoms with Crippen LogP contribution in [0.4, 0.5) is 0 Å². The Morgan fingerprint density at radius 2 is 2.05 bits per heavy atom. The molecule has 1 aromatic heterocycles. The lowest BCUT2D eigenvalue weighted by Crippen LogP contribution is -2.03. The molecule has 0 amide bonds. The molecule has 1 heterocycles. The van der Waals surface area contributed by atoms with Gasteiger partial charge in [0, 0.05) is 10.4 Å². The Bertz CT molecular complexity index is 694. The van der Waals surface area contributed by atoms with E-state index in [1.54, 1.807) is 18.2 Å². The van der Waals surface area contributed by atoms with Crippen LogP contribution in [0.1, 0.15) is 20.8 Å². The average Bonchev–Trinajstić information content (AvgIpc) is 2.81. The number of carbonyl (C=O) groups is 1. The van der Waals surface area contributed by atoms with Crippen LogP contribution in [0.5, 0.6) is 0 Å². The Morgan fingerprint density at radius 3 is 2.63 bits per heavy atom. The molecular formula is C15H10BrNOS. The van der Waals surface area contributed by atoms with Gasteiger partial charge in [0.15, 0.2) is 0 Å². The number of thiophene rings is 1. The van der Waals surface area contributed by atoms with Crippen LogP contribution in [-0.2, 0) is 0 Å². The molecule has 0 saturated heterocycles. The molecule has 2 nitrogen and oxygen atoms in total. The third-order valence-electron chi connectivity index (χ3n) is 2.64. The topological polar surface area (TPSA) is 40.9 Å². The quantitative estimate of drug-likeness (QED) is 0.468. The van der Waals surface area contributed by atoms with Crippen LogP contribution in [0.15, 0.2) is 45.8 Å². The van der Waals surface area contributed by atoms with Crippen LogP contribution in [0.25, 0.3) is 6.08 Å². The van der Waals surface area contributed by atoms with Crippen LogP contribution < -0.4 is 0 Å². The lowest BCUT2D eigenvalue weighted by molar-refractivity contribution is 0.103. The van der Waals surface area contributed by atoms with Gasteiger partial charge in [0.1, 0.15) is 11.6 Å². The fourth-order valence-corrected chi connectivity index (χ4v) is 3.04. The summed E-state index contributed by atoms with van der Waals surface area (Å²) in [5.74, 6) is -0.231. The lowest BCUT2D eigenvalue weighted by Gasteiger charge is -2.02. The van der Waals surface area contributed by atoms with Crippen molar-refractivity contribution in [1.29, 1.82) is 5.26 Å². The fraction of sp³-hybridized carbons (Fsp3) is 0.0667. The number of nitrogens with zero attached hydrogens (tertiary/aromatic N) is 1. The van der Waals surface area contributed by atoms with E-state index in [-0.39, 0.29) is 11.4 Å². The maximum absolute atomic E-state index is 12.3. The molecule has 94 valence electrons. The Kier molecular flexibility index (Phi) is 4.31. The van der Waals surface area contributed by atoms with Crippen molar-refractivity contribution in [3.8, 4) is 6.07 Å². The molecule has 2 rings (SSSR count). The number of hydrogen-bond acceptors (Lipinski definition) is 3. The standard InChI is InChI=1S/C15H10BrNOS/c1-10-4-2-3-5-13(10)15(18)11(9-17)8-12-6-7-14(16)19-12/h2-8H,1H3/b11-8+. The smallest absolute Gasteiger partial charge is 0.203 e. The van der Waals surface area contributed by atoms with Crippen molar-refractivity contribution in [3.63, 3.8) is 0 Å². The van der Waals surface area contributed by atoms with E-state index in [2.05, 4.69) is 15.9 Å². The molecule has 0 unspecified atom stereocenters. The number of aryl methyl sites for hydroxylation is 1. The zero-order chi connectivity index (χ0) is 13.8. The first-order chi connectivity index (χ1) is 9.11. The Labute approximate surface area is 124 Å². The van der Waals surface area contributed by atoms with Gasteiger partial charge in [-0.05, 0) is 46.6 Å². The van der Waals surface area contributed by atoms with Gasteiger partial charge >= 0.3 is 0 Å². The average molecular weight is 332 g/mol. The number of carbonyl (C=O) groups excluding carboxylic acids is 1. The Balaban J connectivity index is 2.39. The first-order valence-corrected chi connectivity index (χ1v) is 7.20. The summed E-state index contributed by atoms with van der Waals surface area (Å²) < 4.78 is 0.972. The summed E-state index contributed by atoms with van der Waals surface area (Å²) in [6.07, 6.45) is 1.63. The van der Waals surface area contributed by atoms with Gasteiger partial charge in [-0.15, -0.1) is 11.3 Å². The second kappa shape index (κ2) is 5.96. The van der Waals surface area contributed by atoms with E-state index in [9.17, 15) is 10.1 Å². The van der Waals surface area contributed by atoms with Gasteiger partial charge in [-0.2, -0.15) is 5.26 Å². The van der Waals surface area contributed by atoms with Crippen LogP contribution >= 0.6 is 27.3 Å². The molecule has 0 fully saturated rings. The van der Waals surface area contributed by atoms with E-state index in [4.69, 9.17) is 0 Å². The molecule has 0 bridgehead atoms. The molecule has 0 aliphatic carbocycles. The number of allylic oxidation sites excluding steroid dienone is 1. The normalized spacial score (nSPS) is 11.1. The lowest BCUT2D eigenvalue weighted by atomic mass is 9.99. The minimum absolute atomic E-state index is 0.156. The summed E-state index contributed by atoms with van der Waals surface area (Å²) in [4.78, 5) is 13.2. The molecule has 4 heteroatoms. The van der Waals surface area contributed by atoms with Crippen molar-refractivity contribution >= 4 is 39.1 Å². The maximum atomic E-state index is 12.3. The highest BCUT2D eigenvalue weighted by Crippen LogP contribution is 2.25. The second-order valence-electron chi connectivity index (χ2n) is 3.96. The first-order valence-electron chi connectivity index (χ1n) is 5.59. The number of ketones is 1.